The summed E-state index contributed by atoms with van der Waals surface area (Å²) < 4.78 is 5.99. The molecule has 1 radical (unpaired) electrons. The molecule has 1 aromatic heterocycles. The number of hydrogen-bond acceptors (Lipinski definition) is 3. The first-order valence-electron chi connectivity index (χ1n) is 7.15. The van der Waals surface area contributed by atoms with Gasteiger partial charge in [-0.2, -0.15) is 0 Å². The fraction of sp³-hybridized carbons (Fsp3) is 0.353. The van der Waals surface area contributed by atoms with E-state index in [1.54, 1.807) is 11.3 Å². The van der Waals surface area contributed by atoms with Crippen LogP contribution in [0.3, 0.4) is 0 Å². The van der Waals surface area contributed by atoms with Crippen LogP contribution in [-0.2, 0) is 0 Å². The Balaban J connectivity index is 2.25. The minimum absolute atomic E-state index is 0.102. The topological polar surface area (TPSA) is 21.6 Å². The van der Waals surface area contributed by atoms with E-state index in [0.29, 0.717) is 0 Å². The number of aryl methyl sites for hydroxylation is 1. The zero-order chi connectivity index (χ0) is 15.4. The quantitative estimate of drug-likeness (QED) is 0.545. The molecule has 0 amide bonds. The molecule has 2 nitrogen and oxygen atoms in total. The second-order valence-corrected chi connectivity index (χ2v) is 8.66. The van der Waals surface area contributed by atoms with E-state index in [4.69, 9.17) is 9.42 Å². The Labute approximate surface area is 133 Å². The fourth-order valence-electron chi connectivity index (χ4n) is 2.19. The van der Waals surface area contributed by atoms with E-state index in [1.165, 1.54) is 9.75 Å². The van der Waals surface area contributed by atoms with Crippen LogP contribution in [0.25, 0.3) is 0 Å². The summed E-state index contributed by atoms with van der Waals surface area (Å²) in [4.78, 5) is 7.42. The minimum Gasteiger partial charge on any atom is -0.542 e. The normalized spacial score (nSPS) is 13.5. The predicted molar refractivity (Wildman–Crippen MR) is 94.2 cm³/mol. The highest BCUT2D eigenvalue weighted by molar-refractivity contribution is 7.14. The lowest BCUT2D eigenvalue weighted by Gasteiger charge is -2.16. The lowest BCUT2D eigenvalue weighted by Crippen LogP contribution is -2.13. The monoisotopic (exact) mass is 316 g/mol. The van der Waals surface area contributed by atoms with E-state index in [-0.39, 0.29) is 6.04 Å². The van der Waals surface area contributed by atoms with Gasteiger partial charge in [-0.25, -0.2) is 0 Å². The Bertz CT molecular complexity index is 633. The van der Waals surface area contributed by atoms with E-state index in [0.717, 1.165) is 17.0 Å². The molecule has 0 aliphatic heterocycles. The second-order valence-electron chi connectivity index (χ2n) is 5.35. The van der Waals surface area contributed by atoms with Crippen LogP contribution in [0.2, 0.25) is 13.1 Å². The molecule has 2 rings (SSSR count). The molecular formula is C17H22NOSSi. The van der Waals surface area contributed by atoms with Crippen molar-refractivity contribution in [1.29, 1.82) is 0 Å². The molecule has 4 heteroatoms. The first-order valence-corrected chi connectivity index (χ1v) is 10.4. The molecule has 1 heterocycles. The van der Waals surface area contributed by atoms with Crippen molar-refractivity contribution < 1.29 is 4.43 Å². The van der Waals surface area contributed by atoms with E-state index in [2.05, 4.69) is 58.1 Å². The second kappa shape index (κ2) is 7.05. The van der Waals surface area contributed by atoms with Crippen LogP contribution < -0.4 is 4.43 Å². The maximum Gasteiger partial charge on any atom is 0.274 e. The summed E-state index contributed by atoms with van der Waals surface area (Å²) in [6.45, 7) is 10.6. The van der Waals surface area contributed by atoms with Crippen molar-refractivity contribution in [2.45, 2.75) is 39.9 Å². The van der Waals surface area contributed by atoms with Crippen molar-refractivity contribution in [3.63, 3.8) is 0 Å². The standard InChI is InChI=1S/C17H22NOSSi/c1-12-10-11-17(20-12)14(3)18-13(2)15-8-6-7-9-16(15)19-21(4)5/h6-11,13H,1-5H3. The Morgan fingerprint density at radius 3 is 2.52 bits per heavy atom. The SMILES string of the molecule is CC(=NC(C)c1ccccc1O[Si](C)C)c1ccc(C)s1. The first kappa shape index (κ1) is 16.0. The molecule has 0 aliphatic rings. The summed E-state index contributed by atoms with van der Waals surface area (Å²) in [5.41, 5.74) is 2.25. The molecule has 0 aliphatic carbocycles. The summed E-state index contributed by atoms with van der Waals surface area (Å²) in [6, 6.07) is 12.6. The third-order valence-electron chi connectivity index (χ3n) is 3.17. The van der Waals surface area contributed by atoms with Crippen molar-refractivity contribution in [1.82, 2.24) is 0 Å². The van der Waals surface area contributed by atoms with Crippen molar-refractivity contribution in [2.24, 2.45) is 4.99 Å². The van der Waals surface area contributed by atoms with Crippen LogP contribution in [0.1, 0.15) is 35.2 Å². The minimum atomic E-state index is -0.765. The Hall–Kier alpha value is -1.39. The molecule has 2 aromatic rings. The van der Waals surface area contributed by atoms with Gasteiger partial charge in [-0.15, -0.1) is 11.3 Å². The van der Waals surface area contributed by atoms with Gasteiger partial charge in [0.2, 0.25) is 0 Å². The van der Waals surface area contributed by atoms with Gasteiger partial charge in [0.1, 0.15) is 5.75 Å². The smallest absolute Gasteiger partial charge is 0.274 e. The number of para-hydroxylation sites is 1. The van der Waals surface area contributed by atoms with Gasteiger partial charge in [0.15, 0.2) is 0 Å². The molecule has 1 unspecified atom stereocenters. The molecule has 0 N–H and O–H groups in total. The fourth-order valence-corrected chi connectivity index (χ4v) is 3.64. The summed E-state index contributed by atoms with van der Waals surface area (Å²) in [6.07, 6.45) is 0. The number of benzene rings is 1. The molecule has 0 saturated carbocycles. The van der Waals surface area contributed by atoms with E-state index < -0.39 is 9.04 Å². The summed E-state index contributed by atoms with van der Waals surface area (Å²) >= 11 is 1.79. The van der Waals surface area contributed by atoms with Gasteiger partial charge < -0.3 is 4.43 Å². The molecular weight excluding hydrogens is 294 g/mol. The van der Waals surface area contributed by atoms with E-state index >= 15 is 0 Å². The molecule has 1 aromatic carbocycles. The average molecular weight is 317 g/mol. The van der Waals surface area contributed by atoms with Gasteiger partial charge >= 0.3 is 0 Å². The zero-order valence-electron chi connectivity index (χ0n) is 13.3. The maximum absolute atomic E-state index is 5.99. The van der Waals surface area contributed by atoms with Gasteiger partial charge in [0, 0.05) is 21.0 Å². The number of hydrogen-bond donors (Lipinski definition) is 0. The largest absolute Gasteiger partial charge is 0.542 e. The molecule has 0 saturated heterocycles. The van der Waals surface area contributed by atoms with E-state index in [1.807, 2.05) is 12.1 Å². The highest BCUT2D eigenvalue weighted by Gasteiger charge is 2.13. The molecule has 0 fully saturated rings. The zero-order valence-corrected chi connectivity index (χ0v) is 15.1. The Morgan fingerprint density at radius 2 is 1.90 bits per heavy atom. The lowest BCUT2D eigenvalue weighted by molar-refractivity contribution is 0.563. The lowest BCUT2D eigenvalue weighted by atomic mass is 10.1. The van der Waals surface area contributed by atoms with Crippen LogP contribution in [0.4, 0.5) is 0 Å². The van der Waals surface area contributed by atoms with Crippen LogP contribution in [0.5, 0.6) is 5.75 Å². The summed E-state index contributed by atoms with van der Waals surface area (Å²) in [5.74, 6) is 0.975. The van der Waals surface area contributed by atoms with Gasteiger partial charge in [0.25, 0.3) is 9.04 Å². The number of thiophene rings is 1. The van der Waals surface area contributed by atoms with Crippen molar-refractivity contribution >= 4 is 26.1 Å². The van der Waals surface area contributed by atoms with Gasteiger partial charge in [-0.1, -0.05) is 18.2 Å². The maximum atomic E-state index is 5.99. The van der Waals surface area contributed by atoms with Gasteiger partial charge in [0.05, 0.1) is 6.04 Å². The number of aliphatic imine (C=N–C) groups is 1. The van der Waals surface area contributed by atoms with Crippen molar-refractivity contribution in [3.05, 3.63) is 51.7 Å². The molecule has 111 valence electrons. The van der Waals surface area contributed by atoms with E-state index in [9.17, 15) is 0 Å². The Kier molecular flexibility index (Phi) is 5.37. The predicted octanol–water partition coefficient (Wildman–Crippen LogP) is 5.26. The molecule has 0 bridgehead atoms. The van der Waals surface area contributed by atoms with Crippen LogP contribution in [-0.4, -0.2) is 14.8 Å². The first-order chi connectivity index (χ1) is 9.97. The molecule has 21 heavy (non-hydrogen) atoms. The average Bonchev–Trinajstić information content (AvgIpc) is 2.85. The van der Waals surface area contributed by atoms with Crippen molar-refractivity contribution in [3.8, 4) is 5.75 Å². The summed E-state index contributed by atoms with van der Waals surface area (Å²) in [7, 11) is -0.765. The third kappa shape index (κ3) is 4.28. The van der Waals surface area contributed by atoms with Crippen LogP contribution in [0, 0.1) is 6.92 Å². The highest BCUT2D eigenvalue weighted by Crippen LogP contribution is 2.29. The van der Waals surface area contributed by atoms with Gasteiger partial charge in [-0.3, -0.25) is 4.99 Å². The molecule has 1 atom stereocenters. The van der Waals surface area contributed by atoms with Gasteiger partial charge in [-0.05, 0) is 52.1 Å². The van der Waals surface area contributed by atoms with Crippen LogP contribution >= 0.6 is 11.3 Å². The Morgan fingerprint density at radius 1 is 1.19 bits per heavy atom. The third-order valence-corrected chi connectivity index (χ3v) is 4.91. The van der Waals surface area contributed by atoms with Crippen molar-refractivity contribution in [2.75, 3.05) is 0 Å². The highest BCUT2D eigenvalue weighted by atomic mass is 32.1. The van der Waals surface area contributed by atoms with Crippen LogP contribution in [0.15, 0.2) is 41.4 Å². The molecule has 0 spiro atoms. The summed E-state index contributed by atoms with van der Waals surface area (Å²) in [5, 5.41) is 0. The number of nitrogens with zero attached hydrogens (tertiary/aromatic N) is 1. The number of rotatable bonds is 5.